The van der Waals surface area contributed by atoms with E-state index in [2.05, 4.69) is 15.6 Å². The molecule has 0 atom stereocenters. The fourth-order valence-corrected chi connectivity index (χ4v) is 3.87. The average Bonchev–Trinajstić information content (AvgIpc) is 3.14. The second-order valence-corrected chi connectivity index (χ2v) is 7.25. The summed E-state index contributed by atoms with van der Waals surface area (Å²) in [5.41, 5.74) is 0. The van der Waals surface area contributed by atoms with Crippen LogP contribution in [0.5, 0.6) is 0 Å². The largest absolute Gasteiger partial charge is 0.450 e. The minimum Gasteiger partial charge on any atom is -0.450 e. The number of aliphatic imine (C=N–C) groups is 1. The van der Waals surface area contributed by atoms with Gasteiger partial charge in [0.2, 0.25) is 0 Å². The number of halogens is 1. The number of amides is 1. The minimum atomic E-state index is -0.189. The van der Waals surface area contributed by atoms with E-state index in [0.29, 0.717) is 12.6 Å². The molecule has 0 bridgehead atoms. The van der Waals surface area contributed by atoms with Crippen molar-refractivity contribution in [3.05, 3.63) is 0 Å². The molecule has 2 fully saturated rings. The molecule has 26 heavy (non-hydrogen) atoms. The second kappa shape index (κ2) is 13.4. The number of unbranched alkanes of at least 4 members (excludes halogenated alkanes) is 1. The summed E-state index contributed by atoms with van der Waals surface area (Å²) < 4.78 is 5.06. The summed E-state index contributed by atoms with van der Waals surface area (Å²) in [6.07, 6.45) is 11.4. The van der Waals surface area contributed by atoms with E-state index in [1.54, 1.807) is 4.90 Å². The smallest absolute Gasteiger partial charge is 0.409 e. The molecule has 0 spiro atoms. The van der Waals surface area contributed by atoms with Gasteiger partial charge < -0.3 is 20.3 Å². The zero-order valence-corrected chi connectivity index (χ0v) is 18.8. The molecule has 2 N–H and O–H groups in total. The van der Waals surface area contributed by atoms with Crippen LogP contribution in [-0.2, 0) is 4.74 Å². The maximum atomic E-state index is 11.7. The number of nitrogens with one attached hydrogen (secondary N) is 2. The number of rotatable bonds is 7. The van der Waals surface area contributed by atoms with Crippen molar-refractivity contribution in [2.45, 2.75) is 70.8 Å². The highest BCUT2D eigenvalue weighted by atomic mass is 127. The van der Waals surface area contributed by atoms with E-state index < -0.39 is 0 Å². The van der Waals surface area contributed by atoms with Gasteiger partial charge in [0.1, 0.15) is 0 Å². The zero-order valence-electron chi connectivity index (χ0n) is 16.5. The van der Waals surface area contributed by atoms with Crippen LogP contribution in [0.2, 0.25) is 0 Å². The van der Waals surface area contributed by atoms with Crippen LogP contribution < -0.4 is 10.6 Å². The Morgan fingerprint density at radius 1 is 1.15 bits per heavy atom. The molecule has 1 aliphatic carbocycles. The summed E-state index contributed by atoms with van der Waals surface area (Å²) in [5.74, 6) is 1.87. The van der Waals surface area contributed by atoms with Gasteiger partial charge in [-0.2, -0.15) is 0 Å². The number of carbonyl (C=O) groups is 1. The van der Waals surface area contributed by atoms with Crippen molar-refractivity contribution in [2.75, 3.05) is 33.3 Å². The van der Waals surface area contributed by atoms with Crippen LogP contribution in [0.4, 0.5) is 4.79 Å². The number of nitrogens with zero attached hydrogens (tertiary/aromatic N) is 2. The fraction of sp³-hybridized carbons (Fsp3) is 0.895. The third-order valence-corrected chi connectivity index (χ3v) is 5.39. The monoisotopic (exact) mass is 480 g/mol. The Hall–Kier alpha value is -0.730. The van der Waals surface area contributed by atoms with E-state index in [9.17, 15) is 4.79 Å². The molecular weight excluding hydrogens is 443 g/mol. The molecule has 152 valence electrons. The average molecular weight is 480 g/mol. The first kappa shape index (κ1) is 23.3. The Morgan fingerprint density at radius 2 is 1.85 bits per heavy atom. The Morgan fingerprint density at radius 3 is 2.46 bits per heavy atom. The highest BCUT2D eigenvalue weighted by molar-refractivity contribution is 14.0. The van der Waals surface area contributed by atoms with Crippen LogP contribution in [-0.4, -0.2) is 56.3 Å². The van der Waals surface area contributed by atoms with E-state index in [1.807, 2.05) is 14.0 Å². The number of carbonyl (C=O) groups excluding carboxylic acids is 1. The molecule has 1 saturated heterocycles. The number of hydrogen-bond donors (Lipinski definition) is 2. The van der Waals surface area contributed by atoms with Crippen LogP contribution in [0.15, 0.2) is 4.99 Å². The molecule has 2 aliphatic rings. The van der Waals surface area contributed by atoms with Gasteiger partial charge in [-0.3, -0.25) is 4.99 Å². The van der Waals surface area contributed by atoms with E-state index in [-0.39, 0.29) is 30.1 Å². The minimum absolute atomic E-state index is 0. The van der Waals surface area contributed by atoms with Gasteiger partial charge in [0.25, 0.3) is 0 Å². The highest BCUT2D eigenvalue weighted by Crippen LogP contribution is 2.28. The van der Waals surface area contributed by atoms with Crippen molar-refractivity contribution in [2.24, 2.45) is 10.9 Å². The third-order valence-electron chi connectivity index (χ3n) is 5.39. The quantitative estimate of drug-likeness (QED) is 0.252. The number of piperidine rings is 1. The zero-order chi connectivity index (χ0) is 17.9. The Bertz CT molecular complexity index is 420. The van der Waals surface area contributed by atoms with Gasteiger partial charge in [-0.1, -0.05) is 38.5 Å². The SMILES string of the molecule is CCOC(=O)N1CCC(NC(=NC)NCCCCC2CCCC2)CC1.I. The van der Waals surface area contributed by atoms with Crippen LogP contribution >= 0.6 is 24.0 Å². The normalized spacial score (nSPS) is 19.2. The van der Waals surface area contributed by atoms with Gasteiger partial charge in [-0.05, 0) is 32.1 Å². The van der Waals surface area contributed by atoms with E-state index >= 15 is 0 Å². The summed E-state index contributed by atoms with van der Waals surface area (Å²) >= 11 is 0. The molecule has 1 aliphatic heterocycles. The first-order chi connectivity index (χ1) is 12.2. The van der Waals surface area contributed by atoms with E-state index in [1.165, 1.54) is 44.9 Å². The van der Waals surface area contributed by atoms with Crippen LogP contribution in [0.25, 0.3) is 0 Å². The lowest BCUT2D eigenvalue weighted by Gasteiger charge is -2.32. The highest BCUT2D eigenvalue weighted by Gasteiger charge is 2.24. The predicted octanol–water partition coefficient (Wildman–Crippen LogP) is 3.75. The molecule has 1 saturated carbocycles. The van der Waals surface area contributed by atoms with Crippen molar-refractivity contribution in [3.63, 3.8) is 0 Å². The molecule has 1 amide bonds. The fourth-order valence-electron chi connectivity index (χ4n) is 3.87. The summed E-state index contributed by atoms with van der Waals surface area (Å²) in [6.45, 7) is 4.75. The van der Waals surface area contributed by atoms with Crippen molar-refractivity contribution in [1.82, 2.24) is 15.5 Å². The Kier molecular flexibility index (Phi) is 12.0. The predicted molar refractivity (Wildman–Crippen MR) is 117 cm³/mol. The first-order valence-electron chi connectivity index (χ1n) is 10.1. The Balaban J connectivity index is 0.00000338. The standard InChI is InChI=1S/C19H36N4O2.HI/c1-3-25-19(24)23-14-11-17(12-15-23)22-18(20-2)21-13-7-6-10-16-8-4-5-9-16;/h16-17H,3-15H2,1-2H3,(H2,20,21,22);1H. The lowest BCUT2D eigenvalue weighted by molar-refractivity contribution is 0.0963. The topological polar surface area (TPSA) is 66.0 Å². The maximum absolute atomic E-state index is 11.7. The molecule has 6 nitrogen and oxygen atoms in total. The van der Waals surface area contributed by atoms with Gasteiger partial charge in [-0.25, -0.2) is 4.79 Å². The van der Waals surface area contributed by atoms with Gasteiger partial charge >= 0.3 is 6.09 Å². The Labute approximate surface area is 175 Å². The van der Waals surface area contributed by atoms with Crippen molar-refractivity contribution in [1.29, 1.82) is 0 Å². The molecule has 2 rings (SSSR count). The maximum Gasteiger partial charge on any atom is 0.409 e. The molecular formula is C19H37IN4O2. The summed E-state index contributed by atoms with van der Waals surface area (Å²) in [7, 11) is 1.82. The number of hydrogen-bond acceptors (Lipinski definition) is 3. The van der Waals surface area contributed by atoms with Crippen LogP contribution in [0.1, 0.15) is 64.7 Å². The van der Waals surface area contributed by atoms with Gasteiger partial charge in [0, 0.05) is 32.7 Å². The third kappa shape index (κ3) is 8.31. The molecule has 7 heteroatoms. The van der Waals surface area contributed by atoms with Crippen molar-refractivity contribution in [3.8, 4) is 0 Å². The van der Waals surface area contributed by atoms with Gasteiger partial charge in [0.15, 0.2) is 5.96 Å². The van der Waals surface area contributed by atoms with E-state index in [4.69, 9.17) is 4.74 Å². The molecule has 0 aromatic carbocycles. The molecule has 0 unspecified atom stereocenters. The summed E-state index contributed by atoms with van der Waals surface area (Å²) in [4.78, 5) is 17.9. The van der Waals surface area contributed by atoms with Gasteiger partial charge in [0.05, 0.1) is 6.61 Å². The van der Waals surface area contributed by atoms with E-state index in [0.717, 1.165) is 44.4 Å². The molecule has 0 radical (unpaired) electrons. The number of guanidine groups is 1. The number of likely N-dealkylation sites (tertiary alicyclic amines) is 1. The van der Waals surface area contributed by atoms with Crippen molar-refractivity contribution < 1.29 is 9.53 Å². The lowest BCUT2D eigenvalue weighted by Crippen LogP contribution is -2.50. The molecule has 0 aromatic rings. The second-order valence-electron chi connectivity index (χ2n) is 7.25. The van der Waals surface area contributed by atoms with Crippen molar-refractivity contribution >= 4 is 36.0 Å². The lowest BCUT2D eigenvalue weighted by atomic mass is 10.0. The summed E-state index contributed by atoms with van der Waals surface area (Å²) in [6, 6.07) is 0.371. The van der Waals surface area contributed by atoms with Crippen LogP contribution in [0, 0.1) is 5.92 Å². The summed E-state index contributed by atoms with van der Waals surface area (Å²) in [5, 5.41) is 6.92. The van der Waals surface area contributed by atoms with Gasteiger partial charge in [-0.15, -0.1) is 24.0 Å². The molecule has 1 heterocycles. The first-order valence-corrected chi connectivity index (χ1v) is 10.1. The number of ether oxygens (including phenoxy) is 1. The molecule has 0 aromatic heterocycles. The van der Waals surface area contributed by atoms with Crippen LogP contribution in [0.3, 0.4) is 0 Å².